The lowest BCUT2D eigenvalue weighted by atomic mass is 10.3. The average molecular weight is 500 g/mol. The number of pyridine rings is 1. The van der Waals surface area contributed by atoms with Gasteiger partial charge in [0.15, 0.2) is 5.16 Å². The standard InChI is InChI=1S/C23H25N5O4S2/c1-3-27-20-7-6-18(34(30,31)26-9-11-32-12-10-26)14-19(20)25-23(27)33-15-17-13-21(29)28-8-4-5-16(2)22(28)24-17/h4-8,13-14H,3,9-12,15H2,1-2H3. The van der Waals surface area contributed by atoms with Gasteiger partial charge in [-0.3, -0.25) is 9.20 Å². The van der Waals surface area contributed by atoms with Gasteiger partial charge in [-0.15, -0.1) is 0 Å². The van der Waals surface area contributed by atoms with Crippen molar-refractivity contribution in [3.05, 3.63) is 64.2 Å². The molecule has 11 heteroatoms. The third-order valence-electron chi connectivity index (χ3n) is 5.90. The molecule has 0 saturated carbocycles. The van der Waals surface area contributed by atoms with E-state index >= 15 is 0 Å². The Morgan fingerprint density at radius 1 is 1.12 bits per heavy atom. The maximum Gasteiger partial charge on any atom is 0.258 e. The number of imidazole rings is 1. The van der Waals surface area contributed by atoms with E-state index in [2.05, 4.69) is 4.98 Å². The molecule has 0 radical (unpaired) electrons. The molecule has 9 nitrogen and oxygen atoms in total. The van der Waals surface area contributed by atoms with Crippen LogP contribution in [0, 0.1) is 6.92 Å². The molecule has 1 aliphatic heterocycles. The minimum atomic E-state index is -3.60. The summed E-state index contributed by atoms with van der Waals surface area (Å²) in [5.74, 6) is 0.475. The molecule has 178 valence electrons. The van der Waals surface area contributed by atoms with Gasteiger partial charge in [-0.1, -0.05) is 17.8 Å². The molecule has 1 aromatic carbocycles. The first-order valence-corrected chi connectivity index (χ1v) is 13.5. The molecule has 0 atom stereocenters. The highest BCUT2D eigenvalue weighted by Crippen LogP contribution is 2.29. The van der Waals surface area contributed by atoms with Crippen molar-refractivity contribution in [1.29, 1.82) is 0 Å². The number of hydrogen-bond acceptors (Lipinski definition) is 7. The third kappa shape index (κ3) is 4.13. The van der Waals surface area contributed by atoms with Gasteiger partial charge in [0.25, 0.3) is 5.56 Å². The maximum absolute atomic E-state index is 13.1. The van der Waals surface area contributed by atoms with Crippen molar-refractivity contribution >= 4 is 38.5 Å². The lowest BCUT2D eigenvalue weighted by Gasteiger charge is -2.26. The van der Waals surface area contributed by atoms with Gasteiger partial charge in [-0.2, -0.15) is 4.31 Å². The fourth-order valence-electron chi connectivity index (χ4n) is 4.12. The quantitative estimate of drug-likeness (QED) is 0.376. The smallest absolute Gasteiger partial charge is 0.258 e. The summed E-state index contributed by atoms with van der Waals surface area (Å²) >= 11 is 1.48. The molecule has 1 aliphatic rings. The predicted octanol–water partition coefficient (Wildman–Crippen LogP) is 2.69. The number of morpholine rings is 1. The number of sulfonamides is 1. The van der Waals surface area contributed by atoms with Crippen LogP contribution in [-0.2, 0) is 27.1 Å². The Hall–Kier alpha value is -2.73. The van der Waals surface area contributed by atoms with Crippen molar-refractivity contribution in [2.45, 2.75) is 36.2 Å². The van der Waals surface area contributed by atoms with Crippen LogP contribution in [0.3, 0.4) is 0 Å². The van der Waals surface area contributed by atoms with Crippen LogP contribution < -0.4 is 5.56 Å². The van der Waals surface area contributed by atoms with Crippen LogP contribution in [0.4, 0.5) is 0 Å². The van der Waals surface area contributed by atoms with E-state index in [1.165, 1.54) is 16.1 Å². The van der Waals surface area contributed by atoms with Crippen molar-refractivity contribution in [2.24, 2.45) is 0 Å². The summed E-state index contributed by atoms with van der Waals surface area (Å²) in [5.41, 5.74) is 3.63. The Labute approximate surface area is 201 Å². The van der Waals surface area contributed by atoms with E-state index in [0.29, 0.717) is 55.5 Å². The SMILES string of the molecule is CCn1c(SCc2cc(=O)n3cccc(C)c3n2)nc2cc(S(=O)(=O)N3CCOCC3)ccc21. The van der Waals surface area contributed by atoms with Gasteiger partial charge < -0.3 is 9.30 Å². The minimum absolute atomic E-state index is 0.119. The molecule has 4 aromatic rings. The van der Waals surface area contributed by atoms with Crippen molar-refractivity contribution in [2.75, 3.05) is 26.3 Å². The summed E-state index contributed by atoms with van der Waals surface area (Å²) in [6.45, 7) is 6.14. The van der Waals surface area contributed by atoms with Crippen LogP contribution in [-0.4, -0.2) is 58.0 Å². The first kappa shape index (κ1) is 23.0. The molecular weight excluding hydrogens is 474 g/mol. The van der Waals surface area contributed by atoms with Crippen LogP contribution in [0.5, 0.6) is 0 Å². The number of aryl methyl sites for hydroxylation is 2. The van der Waals surface area contributed by atoms with E-state index in [1.54, 1.807) is 28.8 Å². The summed E-state index contributed by atoms with van der Waals surface area (Å²) in [6.07, 6.45) is 1.72. The van der Waals surface area contributed by atoms with Crippen LogP contribution in [0.15, 0.2) is 57.4 Å². The number of thioether (sulfide) groups is 1. The number of hydrogen-bond donors (Lipinski definition) is 0. The second-order valence-electron chi connectivity index (χ2n) is 8.06. The molecule has 0 unspecified atom stereocenters. The first-order chi connectivity index (χ1) is 16.4. The fourth-order valence-corrected chi connectivity index (χ4v) is 6.52. The minimum Gasteiger partial charge on any atom is -0.379 e. The van der Waals surface area contributed by atoms with Gasteiger partial charge in [0.1, 0.15) is 5.65 Å². The zero-order valence-electron chi connectivity index (χ0n) is 19.0. The molecule has 0 bridgehead atoms. The lowest BCUT2D eigenvalue weighted by molar-refractivity contribution is 0.0730. The highest BCUT2D eigenvalue weighted by Gasteiger charge is 2.27. The topological polar surface area (TPSA) is 98.8 Å². The van der Waals surface area contributed by atoms with Crippen LogP contribution in [0.1, 0.15) is 18.2 Å². The van der Waals surface area contributed by atoms with Crippen molar-refractivity contribution in [3.8, 4) is 0 Å². The largest absolute Gasteiger partial charge is 0.379 e. The van der Waals surface area contributed by atoms with E-state index < -0.39 is 10.0 Å². The molecule has 0 spiro atoms. The summed E-state index contributed by atoms with van der Waals surface area (Å²) in [4.78, 5) is 22.1. The zero-order valence-corrected chi connectivity index (χ0v) is 20.6. The second-order valence-corrected chi connectivity index (χ2v) is 10.9. The molecule has 0 amide bonds. The number of aromatic nitrogens is 4. The van der Waals surface area contributed by atoms with Crippen molar-refractivity contribution < 1.29 is 13.2 Å². The highest BCUT2D eigenvalue weighted by molar-refractivity contribution is 7.98. The maximum atomic E-state index is 13.1. The molecule has 34 heavy (non-hydrogen) atoms. The van der Waals surface area contributed by atoms with E-state index in [9.17, 15) is 13.2 Å². The van der Waals surface area contributed by atoms with Gasteiger partial charge >= 0.3 is 0 Å². The molecule has 3 aromatic heterocycles. The average Bonchev–Trinajstić information content (AvgIpc) is 3.20. The van der Waals surface area contributed by atoms with Gasteiger partial charge in [-0.05, 0) is 43.7 Å². The Morgan fingerprint density at radius 2 is 1.91 bits per heavy atom. The second kappa shape index (κ2) is 9.14. The number of rotatable bonds is 6. The lowest BCUT2D eigenvalue weighted by Crippen LogP contribution is -2.40. The monoisotopic (exact) mass is 499 g/mol. The molecular formula is C23H25N5O4S2. The van der Waals surface area contributed by atoms with Gasteiger partial charge in [0.05, 0.1) is 34.8 Å². The normalized spacial score (nSPS) is 15.4. The predicted molar refractivity (Wildman–Crippen MR) is 131 cm³/mol. The van der Waals surface area contributed by atoms with E-state index in [4.69, 9.17) is 9.72 Å². The van der Waals surface area contributed by atoms with Crippen molar-refractivity contribution in [3.63, 3.8) is 0 Å². The molecule has 4 heterocycles. The molecule has 1 fully saturated rings. The fraction of sp³-hybridized carbons (Fsp3) is 0.348. The number of nitrogens with zero attached hydrogens (tertiary/aromatic N) is 5. The zero-order chi connectivity index (χ0) is 23.9. The molecule has 5 rings (SSSR count). The van der Waals surface area contributed by atoms with Crippen LogP contribution in [0.25, 0.3) is 16.7 Å². The first-order valence-electron chi connectivity index (χ1n) is 11.1. The summed E-state index contributed by atoms with van der Waals surface area (Å²) in [5, 5.41) is 0.755. The Balaban J connectivity index is 1.45. The molecule has 0 N–H and O–H groups in total. The number of benzene rings is 1. The van der Waals surface area contributed by atoms with E-state index in [1.807, 2.05) is 36.6 Å². The Kier molecular flexibility index (Phi) is 6.19. The van der Waals surface area contributed by atoms with Crippen LogP contribution in [0.2, 0.25) is 0 Å². The summed E-state index contributed by atoms with van der Waals surface area (Å²) in [6, 6.07) is 10.4. The van der Waals surface area contributed by atoms with Crippen LogP contribution >= 0.6 is 11.8 Å². The summed E-state index contributed by atoms with van der Waals surface area (Å²) < 4.78 is 36.4. The summed E-state index contributed by atoms with van der Waals surface area (Å²) in [7, 11) is -3.60. The van der Waals surface area contributed by atoms with Gasteiger partial charge in [-0.25, -0.2) is 18.4 Å². The van der Waals surface area contributed by atoms with E-state index in [-0.39, 0.29) is 10.5 Å². The van der Waals surface area contributed by atoms with Gasteiger partial charge in [0.2, 0.25) is 10.0 Å². The molecule has 0 aliphatic carbocycles. The number of ether oxygens (including phenoxy) is 1. The van der Waals surface area contributed by atoms with Crippen molar-refractivity contribution in [1.82, 2.24) is 23.2 Å². The third-order valence-corrected chi connectivity index (χ3v) is 8.80. The van der Waals surface area contributed by atoms with E-state index in [0.717, 1.165) is 16.2 Å². The molecule has 1 saturated heterocycles. The van der Waals surface area contributed by atoms with Gasteiger partial charge in [0, 0.05) is 37.7 Å². The Bertz CT molecular complexity index is 1540. The Morgan fingerprint density at radius 3 is 2.68 bits per heavy atom. The highest BCUT2D eigenvalue weighted by atomic mass is 32.2. The number of fused-ring (bicyclic) bond motifs is 2.